The SMILES string of the molecule is CN(CCCOc1ccccc1CN)Cc1csc(Br)c1. The predicted octanol–water partition coefficient (Wildman–Crippen LogP) is 3.87. The standard InChI is InChI=1S/C16H21BrN2OS/c1-19(11-13-9-16(17)21-12-13)7-4-8-20-15-6-3-2-5-14(15)10-18/h2-3,5-6,9,12H,4,7-8,10-11,18H2,1H3. The fourth-order valence-corrected chi connectivity index (χ4v) is 3.35. The number of ether oxygens (including phenoxy) is 1. The third-order valence-electron chi connectivity index (χ3n) is 3.21. The maximum absolute atomic E-state index is 5.82. The first kappa shape index (κ1) is 16.5. The van der Waals surface area contributed by atoms with E-state index < -0.39 is 0 Å². The van der Waals surface area contributed by atoms with Gasteiger partial charge in [0.2, 0.25) is 0 Å². The lowest BCUT2D eigenvalue weighted by molar-refractivity contribution is 0.257. The third kappa shape index (κ3) is 5.43. The predicted molar refractivity (Wildman–Crippen MR) is 92.8 cm³/mol. The van der Waals surface area contributed by atoms with Gasteiger partial charge < -0.3 is 15.4 Å². The fourth-order valence-electron chi connectivity index (χ4n) is 2.15. The van der Waals surface area contributed by atoms with Crippen LogP contribution < -0.4 is 10.5 Å². The number of nitrogens with zero attached hydrogens (tertiary/aromatic N) is 1. The summed E-state index contributed by atoms with van der Waals surface area (Å²) in [6.45, 7) is 3.22. The number of hydrogen-bond donors (Lipinski definition) is 1. The molecule has 0 unspecified atom stereocenters. The van der Waals surface area contributed by atoms with Crippen LogP contribution in [-0.4, -0.2) is 25.1 Å². The van der Waals surface area contributed by atoms with Crippen molar-refractivity contribution in [1.82, 2.24) is 4.90 Å². The number of hydrogen-bond acceptors (Lipinski definition) is 4. The first-order chi connectivity index (χ1) is 10.2. The summed E-state index contributed by atoms with van der Waals surface area (Å²) in [5.74, 6) is 0.907. The minimum absolute atomic E-state index is 0.517. The average molecular weight is 369 g/mol. The summed E-state index contributed by atoms with van der Waals surface area (Å²) in [6.07, 6.45) is 1.00. The lowest BCUT2D eigenvalue weighted by Gasteiger charge is -2.16. The molecule has 2 aromatic rings. The van der Waals surface area contributed by atoms with Crippen LogP contribution >= 0.6 is 27.3 Å². The number of para-hydroxylation sites is 1. The lowest BCUT2D eigenvalue weighted by atomic mass is 10.2. The first-order valence-corrected chi connectivity index (χ1v) is 8.68. The number of benzene rings is 1. The lowest BCUT2D eigenvalue weighted by Crippen LogP contribution is -2.20. The van der Waals surface area contributed by atoms with Crippen molar-refractivity contribution in [2.45, 2.75) is 19.5 Å². The molecule has 0 atom stereocenters. The van der Waals surface area contributed by atoms with E-state index in [1.807, 2.05) is 24.3 Å². The second-order valence-corrected chi connectivity index (χ2v) is 7.30. The summed E-state index contributed by atoms with van der Waals surface area (Å²) in [6, 6.07) is 10.1. The Bertz CT molecular complexity index is 559. The molecule has 0 aliphatic carbocycles. The fraction of sp³-hybridized carbons (Fsp3) is 0.375. The molecular formula is C16H21BrN2OS. The van der Waals surface area contributed by atoms with Gasteiger partial charge in [-0.2, -0.15) is 0 Å². The molecule has 114 valence electrons. The number of thiophene rings is 1. The third-order valence-corrected chi connectivity index (χ3v) is 4.76. The van der Waals surface area contributed by atoms with Gasteiger partial charge in [0, 0.05) is 25.2 Å². The quantitative estimate of drug-likeness (QED) is 0.718. The van der Waals surface area contributed by atoms with E-state index in [-0.39, 0.29) is 0 Å². The van der Waals surface area contributed by atoms with Gasteiger partial charge in [0.15, 0.2) is 0 Å². The molecule has 0 saturated carbocycles. The maximum atomic E-state index is 5.82. The molecule has 2 rings (SSSR count). The Morgan fingerprint density at radius 1 is 1.33 bits per heavy atom. The Balaban J connectivity index is 1.69. The van der Waals surface area contributed by atoms with Crippen LogP contribution in [0.2, 0.25) is 0 Å². The van der Waals surface area contributed by atoms with E-state index in [1.165, 1.54) is 9.35 Å². The normalized spacial score (nSPS) is 11.0. The molecule has 0 bridgehead atoms. The summed E-state index contributed by atoms with van der Waals surface area (Å²) in [7, 11) is 2.14. The average Bonchev–Trinajstić information content (AvgIpc) is 2.89. The minimum Gasteiger partial charge on any atom is -0.493 e. The van der Waals surface area contributed by atoms with Crippen molar-refractivity contribution < 1.29 is 4.74 Å². The van der Waals surface area contributed by atoms with Gasteiger partial charge in [-0.25, -0.2) is 0 Å². The van der Waals surface area contributed by atoms with Crippen LogP contribution in [0, 0.1) is 0 Å². The summed E-state index contributed by atoms with van der Waals surface area (Å²) in [5, 5.41) is 2.19. The van der Waals surface area contributed by atoms with Crippen LogP contribution in [0.4, 0.5) is 0 Å². The molecule has 1 heterocycles. The maximum Gasteiger partial charge on any atom is 0.123 e. The number of rotatable bonds is 8. The van der Waals surface area contributed by atoms with Gasteiger partial charge in [-0.3, -0.25) is 0 Å². The van der Waals surface area contributed by atoms with E-state index in [9.17, 15) is 0 Å². The van der Waals surface area contributed by atoms with Crippen LogP contribution in [0.15, 0.2) is 39.5 Å². The molecule has 0 fully saturated rings. The molecule has 0 aliphatic heterocycles. The highest BCUT2D eigenvalue weighted by atomic mass is 79.9. The van der Waals surface area contributed by atoms with Gasteiger partial charge in [-0.15, -0.1) is 11.3 Å². The van der Waals surface area contributed by atoms with Crippen molar-refractivity contribution in [3.63, 3.8) is 0 Å². The molecule has 5 heteroatoms. The highest BCUT2D eigenvalue weighted by molar-refractivity contribution is 9.11. The van der Waals surface area contributed by atoms with E-state index in [0.717, 1.165) is 30.8 Å². The van der Waals surface area contributed by atoms with Gasteiger partial charge in [0.05, 0.1) is 10.4 Å². The van der Waals surface area contributed by atoms with Gasteiger partial charge in [0.25, 0.3) is 0 Å². The molecule has 3 nitrogen and oxygen atoms in total. The van der Waals surface area contributed by atoms with Crippen molar-refractivity contribution in [2.24, 2.45) is 5.73 Å². The van der Waals surface area contributed by atoms with Gasteiger partial charge in [0.1, 0.15) is 5.75 Å². The molecular weight excluding hydrogens is 348 g/mol. The highest BCUT2D eigenvalue weighted by Gasteiger charge is 2.04. The Hall–Kier alpha value is -0.880. The molecule has 2 N–H and O–H groups in total. The monoisotopic (exact) mass is 368 g/mol. The molecule has 0 radical (unpaired) electrons. The van der Waals surface area contributed by atoms with Crippen molar-refractivity contribution in [2.75, 3.05) is 20.2 Å². The van der Waals surface area contributed by atoms with E-state index in [2.05, 4.69) is 39.3 Å². The smallest absolute Gasteiger partial charge is 0.123 e. The molecule has 1 aromatic heterocycles. The highest BCUT2D eigenvalue weighted by Crippen LogP contribution is 2.21. The van der Waals surface area contributed by atoms with Crippen LogP contribution in [-0.2, 0) is 13.1 Å². The van der Waals surface area contributed by atoms with Crippen LogP contribution in [0.25, 0.3) is 0 Å². The summed E-state index contributed by atoms with van der Waals surface area (Å²) >= 11 is 5.22. The molecule has 1 aromatic carbocycles. The molecule has 0 amide bonds. The molecule has 0 aliphatic rings. The van der Waals surface area contributed by atoms with Crippen molar-refractivity contribution in [1.29, 1.82) is 0 Å². The van der Waals surface area contributed by atoms with Crippen molar-refractivity contribution >= 4 is 27.3 Å². The van der Waals surface area contributed by atoms with Gasteiger partial charge in [-0.1, -0.05) is 18.2 Å². The van der Waals surface area contributed by atoms with E-state index in [4.69, 9.17) is 10.5 Å². The topological polar surface area (TPSA) is 38.5 Å². The summed E-state index contributed by atoms with van der Waals surface area (Å²) in [5.41, 5.74) is 8.11. The molecule has 21 heavy (non-hydrogen) atoms. The van der Waals surface area contributed by atoms with Crippen LogP contribution in [0.1, 0.15) is 17.5 Å². The minimum atomic E-state index is 0.517. The Labute approximate surface area is 138 Å². The van der Waals surface area contributed by atoms with Crippen LogP contribution in [0.3, 0.4) is 0 Å². The van der Waals surface area contributed by atoms with E-state index in [0.29, 0.717) is 13.2 Å². The summed E-state index contributed by atoms with van der Waals surface area (Å²) in [4.78, 5) is 2.31. The first-order valence-electron chi connectivity index (χ1n) is 7.01. The second kappa shape index (κ2) is 8.54. The number of halogens is 1. The zero-order chi connectivity index (χ0) is 15.1. The largest absolute Gasteiger partial charge is 0.493 e. The van der Waals surface area contributed by atoms with Crippen molar-refractivity contribution in [3.05, 3.63) is 50.6 Å². The molecule has 0 spiro atoms. The van der Waals surface area contributed by atoms with Gasteiger partial charge >= 0.3 is 0 Å². The van der Waals surface area contributed by atoms with E-state index >= 15 is 0 Å². The molecule has 0 saturated heterocycles. The Kier molecular flexibility index (Phi) is 6.70. The Morgan fingerprint density at radius 3 is 2.86 bits per heavy atom. The van der Waals surface area contributed by atoms with E-state index in [1.54, 1.807) is 11.3 Å². The Morgan fingerprint density at radius 2 is 2.14 bits per heavy atom. The second-order valence-electron chi connectivity index (χ2n) is 5.01. The zero-order valence-corrected chi connectivity index (χ0v) is 14.6. The number of nitrogens with two attached hydrogens (primary N) is 1. The van der Waals surface area contributed by atoms with Crippen LogP contribution in [0.5, 0.6) is 5.75 Å². The van der Waals surface area contributed by atoms with Crippen molar-refractivity contribution in [3.8, 4) is 5.75 Å². The summed E-state index contributed by atoms with van der Waals surface area (Å²) < 4.78 is 7.01. The van der Waals surface area contributed by atoms with Gasteiger partial charge in [-0.05, 0) is 52.5 Å². The zero-order valence-electron chi connectivity index (χ0n) is 12.2.